The normalized spacial score (nSPS) is 16.3. The van der Waals surface area contributed by atoms with Gasteiger partial charge >= 0.3 is 0 Å². The zero-order valence-electron chi connectivity index (χ0n) is 30.5. The SMILES string of the molecule is CN(C)CCCNc1nc(CN2CCN(C)CC2)nc2ccccc12.CN(C)CCCNc1nc(CN2CCNCC2)nc2ccccc12. The fourth-order valence-corrected chi connectivity index (χ4v) is 6.14. The van der Waals surface area contributed by atoms with Gasteiger partial charge in [-0.3, -0.25) is 9.80 Å². The average Bonchev–Trinajstić information content (AvgIpc) is 3.10. The summed E-state index contributed by atoms with van der Waals surface area (Å²) < 4.78 is 0. The summed E-state index contributed by atoms with van der Waals surface area (Å²) in [5.41, 5.74) is 2.05. The highest BCUT2D eigenvalue weighted by molar-refractivity contribution is 5.89. The van der Waals surface area contributed by atoms with Crippen LogP contribution in [0.4, 0.5) is 11.6 Å². The quantitative estimate of drug-likeness (QED) is 0.172. The van der Waals surface area contributed by atoms with Crippen molar-refractivity contribution in [3.05, 3.63) is 60.2 Å². The highest BCUT2D eigenvalue weighted by Crippen LogP contribution is 2.22. The molecule has 4 aromatic rings. The molecule has 4 heterocycles. The minimum atomic E-state index is 0.818. The second-order valence-electron chi connectivity index (χ2n) is 13.8. The molecule has 12 nitrogen and oxygen atoms in total. The molecule has 0 aliphatic carbocycles. The zero-order chi connectivity index (χ0) is 34.4. The number of fused-ring (bicyclic) bond motifs is 2. The molecule has 0 unspecified atom stereocenters. The predicted molar refractivity (Wildman–Crippen MR) is 203 cm³/mol. The molecule has 0 saturated carbocycles. The minimum Gasteiger partial charge on any atom is -0.369 e. The molecule has 0 atom stereocenters. The molecule has 2 aromatic heterocycles. The summed E-state index contributed by atoms with van der Waals surface area (Å²) in [6.45, 7) is 14.2. The van der Waals surface area contributed by atoms with Crippen molar-refractivity contribution in [1.29, 1.82) is 0 Å². The Bertz CT molecular complexity index is 1560. The summed E-state index contributed by atoms with van der Waals surface area (Å²) in [7, 11) is 10.6. The van der Waals surface area contributed by atoms with Crippen molar-refractivity contribution in [3.63, 3.8) is 0 Å². The van der Waals surface area contributed by atoms with Gasteiger partial charge in [-0.2, -0.15) is 0 Å². The Morgan fingerprint density at radius 3 is 1.53 bits per heavy atom. The van der Waals surface area contributed by atoms with Gasteiger partial charge < -0.3 is 30.7 Å². The highest BCUT2D eigenvalue weighted by atomic mass is 15.3. The van der Waals surface area contributed by atoms with Gasteiger partial charge in [0, 0.05) is 76.2 Å². The van der Waals surface area contributed by atoms with Gasteiger partial charge in [0.1, 0.15) is 23.3 Å². The monoisotopic (exact) mass is 670 g/mol. The van der Waals surface area contributed by atoms with Crippen LogP contribution in [0.25, 0.3) is 21.8 Å². The first-order chi connectivity index (χ1) is 23.8. The predicted octanol–water partition coefficient (Wildman–Crippen LogP) is 3.14. The van der Waals surface area contributed by atoms with Crippen molar-refractivity contribution in [1.82, 2.24) is 49.8 Å². The first-order valence-electron chi connectivity index (χ1n) is 18.0. The lowest BCUT2D eigenvalue weighted by atomic mass is 10.2. The molecule has 0 radical (unpaired) electrons. The van der Waals surface area contributed by atoms with Gasteiger partial charge in [0.2, 0.25) is 0 Å². The number of aromatic nitrogens is 4. The first kappa shape index (κ1) is 36.8. The van der Waals surface area contributed by atoms with E-state index in [0.29, 0.717) is 0 Å². The van der Waals surface area contributed by atoms with Crippen molar-refractivity contribution in [2.24, 2.45) is 0 Å². The van der Waals surface area contributed by atoms with Crippen molar-refractivity contribution < 1.29 is 0 Å². The van der Waals surface area contributed by atoms with E-state index in [2.05, 4.69) is 106 Å². The lowest BCUT2D eigenvalue weighted by Crippen LogP contribution is -2.44. The molecule has 0 amide bonds. The lowest BCUT2D eigenvalue weighted by Gasteiger charge is -2.31. The van der Waals surface area contributed by atoms with Gasteiger partial charge in [-0.05, 0) is 85.4 Å². The van der Waals surface area contributed by atoms with Crippen LogP contribution in [0.5, 0.6) is 0 Å². The number of para-hydroxylation sites is 2. The van der Waals surface area contributed by atoms with Crippen molar-refractivity contribution in [2.75, 3.05) is 124 Å². The molecule has 2 saturated heterocycles. The summed E-state index contributed by atoms with van der Waals surface area (Å²) >= 11 is 0. The maximum absolute atomic E-state index is 4.84. The Labute approximate surface area is 293 Å². The van der Waals surface area contributed by atoms with Crippen LogP contribution in [0.15, 0.2) is 48.5 Å². The Morgan fingerprint density at radius 2 is 1.06 bits per heavy atom. The molecule has 12 heteroatoms. The van der Waals surface area contributed by atoms with Crippen molar-refractivity contribution in [2.45, 2.75) is 25.9 Å². The van der Waals surface area contributed by atoms with Gasteiger partial charge in [-0.25, -0.2) is 19.9 Å². The summed E-state index contributed by atoms with van der Waals surface area (Å²) in [4.78, 5) is 30.8. The summed E-state index contributed by atoms with van der Waals surface area (Å²) in [5.74, 6) is 3.75. The third-order valence-electron chi connectivity index (χ3n) is 8.98. The van der Waals surface area contributed by atoms with E-state index < -0.39 is 0 Å². The number of likely N-dealkylation sites (N-methyl/N-ethyl adjacent to an activating group) is 1. The number of anilines is 2. The smallest absolute Gasteiger partial charge is 0.145 e. The highest BCUT2D eigenvalue weighted by Gasteiger charge is 2.17. The van der Waals surface area contributed by atoms with Gasteiger partial charge in [0.15, 0.2) is 0 Å². The average molecular weight is 671 g/mol. The molecule has 3 N–H and O–H groups in total. The number of benzene rings is 2. The standard InChI is InChI=1S/C19H30N6.C18H28N6/c1-23(2)10-6-9-20-19-16-7-4-5-8-17(16)21-18(22-19)15-25-13-11-24(3)12-14-25;1-23(2)11-5-8-20-18-15-6-3-4-7-16(15)21-17(22-18)14-24-12-9-19-10-13-24/h4-5,7-8H,6,9-15H2,1-3H3,(H,20,21,22);3-4,6-7,19H,5,8-14H2,1-2H3,(H,20,21,22). The number of hydrogen-bond donors (Lipinski definition) is 3. The fraction of sp³-hybridized carbons (Fsp3) is 0.568. The van der Waals surface area contributed by atoms with Crippen LogP contribution in [0.1, 0.15) is 24.5 Å². The molecule has 49 heavy (non-hydrogen) atoms. The van der Waals surface area contributed by atoms with Gasteiger partial charge in [0.25, 0.3) is 0 Å². The number of nitrogens with one attached hydrogen (secondary N) is 3. The van der Waals surface area contributed by atoms with Crippen LogP contribution in [-0.4, -0.2) is 158 Å². The maximum Gasteiger partial charge on any atom is 0.145 e. The van der Waals surface area contributed by atoms with Crippen LogP contribution in [0.2, 0.25) is 0 Å². The Morgan fingerprint density at radius 1 is 0.612 bits per heavy atom. The van der Waals surface area contributed by atoms with Gasteiger partial charge in [0.05, 0.1) is 24.1 Å². The molecule has 2 aliphatic heterocycles. The van der Waals surface area contributed by atoms with E-state index in [0.717, 1.165) is 150 Å². The molecule has 2 aromatic carbocycles. The largest absolute Gasteiger partial charge is 0.369 e. The minimum absolute atomic E-state index is 0.818. The molecular weight excluding hydrogens is 612 g/mol. The van der Waals surface area contributed by atoms with E-state index >= 15 is 0 Å². The number of rotatable bonds is 14. The molecule has 2 fully saturated rings. The van der Waals surface area contributed by atoms with Gasteiger partial charge in [-0.15, -0.1) is 0 Å². The van der Waals surface area contributed by atoms with E-state index in [1.54, 1.807) is 0 Å². The molecular formula is C37H58N12. The number of piperazine rings is 2. The van der Waals surface area contributed by atoms with Crippen molar-refractivity contribution in [3.8, 4) is 0 Å². The summed E-state index contributed by atoms with van der Waals surface area (Å²) in [5, 5.41) is 12.6. The van der Waals surface area contributed by atoms with Gasteiger partial charge in [-0.1, -0.05) is 24.3 Å². The van der Waals surface area contributed by atoms with E-state index in [1.165, 1.54) is 0 Å². The topological polar surface area (TPSA) is 104 Å². The van der Waals surface area contributed by atoms with Crippen LogP contribution in [0, 0.1) is 0 Å². The molecule has 266 valence electrons. The number of hydrogen-bond acceptors (Lipinski definition) is 12. The van der Waals surface area contributed by atoms with E-state index in [9.17, 15) is 0 Å². The summed E-state index contributed by atoms with van der Waals surface area (Å²) in [6, 6.07) is 16.5. The first-order valence-corrected chi connectivity index (χ1v) is 18.0. The number of nitrogens with zero attached hydrogens (tertiary/aromatic N) is 9. The van der Waals surface area contributed by atoms with E-state index in [-0.39, 0.29) is 0 Å². The fourth-order valence-electron chi connectivity index (χ4n) is 6.14. The van der Waals surface area contributed by atoms with Crippen LogP contribution >= 0.6 is 0 Å². The van der Waals surface area contributed by atoms with E-state index in [4.69, 9.17) is 19.9 Å². The Hall–Kier alpha value is -3.52. The van der Waals surface area contributed by atoms with Crippen LogP contribution in [-0.2, 0) is 13.1 Å². The van der Waals surface area contributed by atoms with Crippen LogP contribution in [0.3, 0.4) is 0 Å². The lowest BCUT2D eigenvalue weighted by molar-refractivity contribution is 0.145. The van der Waals surface area contributed by atoms with Crippen LogP contribution < -0.4 is 16.0 Å². The third kappa shape index (κ3) is 11.8. The Balaban J connectivity index is 0.000000191. The molecule has 0 bridgehead atoms. The van der Waals surface area contributed by atoms with E-state index in [1.807, 2.05) is 18.2 Å². The zero-order valence-corrected chi connectivity index (χ0v) is 30.5. The second-order valence-corrected chi connectivity index (χ2v) is 13.8. The van der Waals surface area contributed by atoms with Crippen molar-refractivity contribution >= 4 is 33.4 Å². The summed E-state index contributed by atoms with van der Waals surface area (Å²) in [6.07, 6.45) is 2.19. The third-order valence-corrected chi connectivity index (χ3v) is 8.98. The Kier molecular flexibility index (Phi) is 14.3. The second kappa shape index (κ2) is 19.0. The molecule has 6 rings (SSSR count). The molecule has 2 aliphatic rings. The maximum atomic E-state index is 4.84. The molecule has 0 spiro atoms.